The number of halogens is 1. The van der Waals surface area contributed by atoms with Crippen molar-refractivity contribution in [3.63, 3.8) is 0 Å². The third-order valence-electron chi connectivity index (χ3n) is 2.15. The first-order valence-corrected chi connectivity index (χ1v) is 3.99. The molecule has 1 heterocycles. The molecule has 0 aromatic carbocycles. The van der Waals surface area contributed by atoms with E-state index in [4.69, 9.17) is 11.5 Å². The predicted molar refractivity (Wildman–Crippen MR) is 49.9 cm³/mol. The van der Waals surface area contributed by atoms with E-state index < -0.39 is 0 Å². The minimum atomic E-state index is 0. The smallest absolute Gasteiger partial charge is 0.0105 e. The van der Waals surface area contributed by atoms with Gasteiger partial charge in [-0.15, -0.1) is 12.4 Å². The van der Waals surface area contributed by atoms with E-state index in [0.717, 1.165) is 32.1 Å². The Morgan fingerprint density at radius 1 is 1.36 bits per heavy atom. The lowest BCUT2D eigenvalue weighted by molar-refractivity contribution is 0.334. The minimum Gasteiger partial charge on any atom is -0.330 e. The number of nitrogens with two attached hydrogens (primary N) is 2. The van der Waals surface area contributed by atoms with E-state index in [-0.39, 0.29) is 12.4 Å². The molecule has 0 aromatic rings. The van der Waals surface area contributed by atoms with Crippen LogP contribution in [0, 0.1) is 5.92 Å². The van der Waals surface area contributed by atoms with Gasteiger partial charge in [0.05, 0.1) is 0 Å². The van der Waals surface area contributed by atoms with E-state index in [1.807, 2.05) is 0 Å². The maximum atomic E-state index is 5.53. The van der Waals surface area contributed by atoms with Crippen molar-refractivity contribution < 1.29 is 0 Å². The van der Waals surface area contributed by atoms with Crippen LogP contribution in [0.4, 0.5) is 0 Å². The summed E-state index contributed by atoms with van der Waals surface area (Å²) in [7, 11) is 0. The van der Waals surface area contributed by atoms with Crippen molar-refractivity contribution in [3.8, 4) is 0 Å². The summed E-state index contributed by atoms with van der Waals surface area (Å²) in [6.07, 6.45) is 1.26. The fourth-order valence-electron chi connectivity index (χ4n) is 1.49. The number of hydrogen-bond donors (Lipinski definition) is 2. The topological polar surface area (TPSA) is 55.3 Å². The van der Waals surface area contributed by atoms with Crippen LogP contribution in [0.1, 0.15) is 6.42 Å². The van der Waals surface area contributed by atoms with Gasteiger partial charge in [-0.2, -0.15) is 0 Å². The highest BCUT2D eigenvalue weighted by Crippen LogP contribution is 2.13. The molecule has 11 heavy (non-hydrogen) atoms. The number of rotatable bonds is 3. The molecule has 1 aliphatic rings. The van der Waals surface area contributed by atoms with Gasteiger partial charge in [-0.25, -0.2) is 0 Å². The predicted octanol–water partition coefficient (Wildman–Crippen LogP) is -0.352. The van der Waals surface area contributed by atoms with Crippen LogP contribution >= 0.6 is 12.4 Å². The highest BCUT2D eigenvalue weighted by Gasteiger charge is 2.19. The molecule has 0 saturated carbocycles. The zero-order valence-electron chi connectivity index (χ0n) is 6.83. The largest absolute Gasteiger partial charge is 0.330 e. The first kappa shape index (κ1) is 11.2. The molecule has 0 amide bonds. The standard InChI is InChI=1S/C7H17N3.ClH/c8-2-4-10-3-1-7(5-9)6-10;/h7H,1-6,8-9H2;1H. The summed E-state index contributed by atoms with van der Waals surface area (Å²) in [5.74, 6) is 0.728. The highest BCUT2D eigenvalue weighted by atomic mass is 35.5. The van der Waals surface area contributed by atoms with Gasteiger partial charge in [0.2, 0.25) is 0 Å². The van der Waals surface area contributed by atoms with Crippen LogP contribution in [-0.4, -0.2) is 37.6 Å². The fraction of sp³-hybridized carbons (Fsp3) is 1.00. The maximum absolute atomic E-state index is 5.53. The molecule has 1 saturated heterocycles. The fourth-order valence-corrected chi connectivity index (χ4v) is 1.49. The first-order valence-electron chi connectivity index (χ1n) is 3.99. The molecule has 0 spiro atoms. The molecule has 4 N–H and O–H groups in total. The molecule has 1 aliphatic heterocycles. The van der Waals surface area contributed by atoms with Crippen LogP contribution in [-0.2, 0) is 0 Å². The molecular weight excluding hydrogens is 162 g/mol. The lowest BCUT2D eigenvalue weighted by atomic mass is 10.1. The molecule has 1 fully saturated rings. The summed E-state index contributed by atoms with van der Waals surface area (Å²) in [6, 6.07) is 0. The van der Waals surface area contributed by atoms with E-state index in [1.165, 1.54) is 13.0 Å². The molecule has 1 unspecified atom stereocenters. The molecular formula is C7H18ClN3. The Morgan fingerprint density at radius 2 is 2.09 bits per heavy atom. The average Bonchev–Trinajstić information content (AvgIpc) is 2.37. The number of hydrogen-bond acceptors (Lipinski definition) is 3. The van der Waals surface area contributed by atoms with E-state index >= 15 is 0 Å². The third-order valence-corrected chi connectivity index (χ3v) is 2.15. The van der Waals surface area contributed by atoms with Crippen LogP contribution in [0.25, 0.3) is 0 Å². The van der Waals surface area contributed by atoms with Gasteiger partial charge >= 0.3 is 0 Å². The summed E-state index contributed by atoms with van der Waals surface area (Å²) < 4.78 is 0. The Morgan fingerprint density at radius 3 is 2.55 bits per heavy atom. The van der Waals surface area contributed by atoms with Crippen molar-refractivity contribution in [1.29, 1.82) is 0 Å². The lowest BCUT2D eigenvalue weighted by Gasteiger charge is -2.13. The summed E-state index contributed by atoms with van der Waals surface area (Å²) in [5.41, 5.74) is 11.0. The lowest BCUT2D eigenvalue weighted by Crippen LogP contribution is -2.28. The molecule has 0 aromatic heterocycles. The number of nitrogens with zero attached hydrogens (tertiary/aromatic N) is 1. The molecule has 1 rings (SSSR count). The minimum absolute atomic E-state index is 0. The third kappa shape index (κ3) is 3.38. The summed E-state index contributed by atoms with van der Waals surface area (Å²) >= 11 is 0. The summed E-state index contributed by atoms with van der Waals surface area (Å²) in [5, 5.41) is 0. The summed E-state index contributed by atoms with van der Waals surface area (Å²) in [6.45, 7) is 5.00. The van der Waals surface area contributed by atoms with Crippen LogP contribution in [0.3, 0.4) is 0 Å². The van der Waals surface area contributed by atoms with Crippen LogP contribution in [0.2, 0.25) is 0 Å². The zero-order chi connectivity index (χ0) is 7.40. The SMILES string of the molecule is Cl.NCCN1CCC(CN)C1. The average molecular weight is 180 g/mol. The van der Waals surface area contributed by atoms with Gasteiger partial charge in [-0.3, -0.25) is 0 Å². The monoisotopic (exact) mass is 179 g/mol. The number of likely N-dealkylation sites (tertiary alicyclic amines) is 1. The van der Waals surface area contributed by atoms with E-state index in [9.17, 15) is 0 Å². The Hall–Kier alpha value is 0.170. The van der Waals surface area contributed by atoms with Gasteiger partial charge in [0.15, 0.2) is 0 Å². The van der Waals surface area contributed by atoms with Gasteiger partial charge < -0.3 is 16.4 Å². The highest BCUT2D eigenvalue weighted by molar-refractivity contribution is 5.85. The molecule has 0 bridgehead atoms. The van der Waals surface area contributed by atoms with Crippen molar-refractivity contribution in [1.82, 2.24) is 4.90 Å². The molecule has 0 aliphatic carbocycles. The molecule has 68 valence electrons. The Labute approximate surface area is 74.5 Å². The molecule has 0 radical (unpaired) electrons. The van der Waals surface area contributed by atoms with Crippen LogP contribution < -0.4 is 11.5 Å². The second-order valence-corrected chi connectivity index (χ2v) is 2.98. The molecule has 3 nitrogen and oxygen atoms in total. The quantitative estimate of drug-likeness (QED) is 0.623. The van der Waals surface area contributed by atoms with E-state index in [2.05, 4.69) is 4.90 Å². The van der Waals surface area contributed by atoms with Gasteiger partial charge in [0, 0.05) is 19.6 Å². The van der Waals surface area contributed by atoms with E-state index in [0.29, 0.717) is 0 Å². The summed E-state index contributed by atoms with van der Waals surface area (Å²) in [4.78, 5) is 2.39. The van der Waals surface area contributed by atoms with Crippen molar-refractivity contribution in [3.05, 3.63) is 0 Å². The first-order chi connectivity index (χ1) is 4.86. The Kier molecular flexibility index (Phi) is 5.86. The van der Waals surface area contributed by atoms with Gasteiger partial charge in [-0.1, -0.05) is 0 Å². The molecule has 1 atom stereocenters. The van der Waals surface area contributed by atoms with Gasteiger partial charge in [0.1, 0.15) is 0 Å². The normalized spacial score (nSPS) is 25.1. The van der Waals surface area contributed by atoms with Crippen LogP contribution in [0.15, 0.2) is 0 Å². The van der Waals surface area contributed by atoms with Gasteiger partial charge in [0.25, 0.3) is 0 Å². The van der Waals surface area contributed by atoms with Crippen molar-refractivity contribution in [2.24, 2.45) is 17.4 Å². The van der Waals surface area contributed by atoms with Crippen LogP contribution in [0.5, 0.6) is 0 Å². The van der Waals surface area contributed by atoms with Crippen molar-refractivity contribution in [2.75, 3.05) is 32.7 Å². The Balaban J connectivity index is 0.000001000. The molecule has 4 heteroatoms. The van der Waals surface area contributed by atoms with E-state index in [1.54, 1.807) is 0 Å². The van der Waals surface area contributed by atoms with Crippen molar-refractivity contribution in [2.45, 2.75) is 6.42 Å². The van der Waals surface area contributed by atoms with Gasteiger partial charge in [-0.05, 0) is 25.4 Å². The van der Waals surface area contributed by atoms with Crippen molar-refractivity contribution >= 4 is 12.4 Å². The second-order valence-electron chi connectivity index (χ2n) is 2.98. The maximum Gasteiger partial charge on any atom is 0.0105 e. The zero-order valence-corrected chi connectivity index (χ0v) is 7.65. The second kappa shape index (κ2) is 5.77. The Bertz CT molecular complexity index is 99.7.